The molecule has 0 spiro atoms. The number of rotatable bonds is 4. The Balaban J connectivity index is 1.63. The topological polar surface area (TPSA) is 54.5 Å². The zero-order valence-electron chi connectivity index (χ0n) is 17.7. The summed E-state index contributed by atoms with van der Waals surface area (Å²) in [4.78, 5) is 40.8. The number of hydrogen-bond donors (Lipinski definition) is 0. The van der Waals surface area contributed by atoms with E-state index in [0.717, 1.165) is 11.1 Å². The van der Waals surface area contributed by atoms with Gasteiger partial charge in [0, 0.05) is 17.4 Å². The first-order valence-electron chi connectivity index (χ1n) is 10.8. The molecule has 0 saturated carbocycles. The van der Waals surface area contributed by atoms with Crippen molar-refractivity contribution in [1.82, 2.24) is 0 Å². The number of carbonyl (C=O) groups is 3. The van der Waals surface area contributed by atoms with E-state index in [9.17, 15) is 14.4 Å². The highest BCUT2D eigenvalue weighted by Gasteiger charge is 2.55. The van der Waals surface area contributed by atoms with Gasteiger partial charge < -0.3 is 0 Å². The molecule has 2 aliphatic rings. The summed E-state index contributed by atoms with van der Waals surface area (Å²) in [5.41, 5.74) is 2.98. The lowest BCUT2D eigenvalue weighted by Crippen LogP contribution is -2.31. The Hall–Kier alpha value is -3.79. The number of nitrogens with zero attached hydrogens (tertiary/aromatic N) is 1. The summed E-state index contributed by atoms with van der Waals surface area (Å²) < 4.78 is 0. The van der Waals surface area contributed by atoms with Crippen molar-refractivity contribution in [2.24, 2.45) is 11.8 Å². The van der Waals surface area contributed by atoms with Crippen LogP contribution in [0.25, 0.3) is 0 Å². The minimum absolute atomic E-state index is 0.102. The van der Waals surface area contributed by atoms with Crippen molar-refractivity contribution in [1.29, 1.82) is 0 Å². The first-order chi connectivity index (χ1) is 15.6. The Bertz CT molecular complexity index is 1150. The molecule has 3 aromatic rings. The fourth-order valence-electron chi connectivity index (χ4n) is 5.05. The molecular weight excluding hydrogens is 398 g/mol. The molecule has 3 aromatic carbocycles. The van der Waals surface area contributed by atoms with Gasteiger partial charge in [-0.25, -0.2) is 4.90 Å². The van der Waals surface area contributed by atoms with Crippen molar-refractivity contribution in [3.8, 4) is 0 Å². The monoisotopic (exact) mass is 421 g/mol. The largest absolute Gasteiger partial charge is 0.295 e. The van der Waals surface area contributed by atoms with Crippen molar-refractivity contribution >= 4 is 23.3 Å². The fraction of sp³-hybridized carbons (Fsp3) is 0.179. The van der Waals surface area contributed by atoms with Gasteiger partial charge in [-0.3, -0.25) is 14.4 Å². The summed E-state index contributed by atoms with van der Waals surface area (Å²) in [6.07, 6.45) is 4.16. The maximum Gasteiger partial charge on any atom is 0.238 e. The molecule has 1 saturated heterocycles. The number of fused-ring (bicyclic) bond motifs is 1. The average Bonchev–Trinajstić information content (AvgIpc) is 3.10. The van der Waals surface area contributed by atoms with E-state index in [0.29, 0.717) is 11.3 Å². The third-order valence-electron chi connectivity index (χ3n) is 6.58. The van der Waals surface area contributed by atoms with Crippen LogP contribution in [-0.4, -0.2) is 17.6 Å². The smallest absolute Gasteiger partial charge is 0.238 e. The van der Waals surface area contributed by atoms with Crippen molar-refractivity contribution in [3.63, 3.8) is 0 Å². The van der Waals surface area contributed by atoms with Crippen LogP contribution in [0.5, 0.6) is 0 Å². The molecular formula is C28H23NO3. The van der Waals surface area contributed by atoms with E-state index in [-0.39, 0.29) is 29.4 Å². The van der Waals surface area contributed by atoms with Gasteiger partial charge in [0.25, 0.3) is 0 Å². The highest BCUT2D eigenvalue weighted by molar-refractivity contribution is 6.23. The summed E-state index contributed by atoms with van der Waals surface area (Å²) in [5.74, 6) is -1.88. The molecule has 2 amide bonds. The van der Waals surface area contributed by atoms with Gasteiger partial charge in [-0.2, -0.15) is 0 Å². The highest BCUT2D eigenvalue weighted by Crippen LogP contribution is 2.50. The second kappa shape index (κ2) is 8.04. The third kappa shape index (κ3) is 3.28. The molecule has 0 N–H and O–H groups in total. The summed E-state index contributed by atoms with van der Waals surface area (Å²) >= 11 is 0. The SMILES string of the molecule is CC(=O)c1cccc(N2C(=O)[C@H]3[C@H](C2=O)[C@H](c2ccccc2)C=C[C@@H]3c2ccccc2)c1. The molecule has 5 rings (SSSR count). The number of allylic oxidation sites excluding steroid dienone is 2. The van der Waals surface area contributed by atoms with Crippen molar-refractivity contribution in [2.75, 3.05) is 4.90 Å². The molecule has 0 bridgehead atoms. The Morgan fingerprint density at radius 2 is 1.19 bits per heavy atom. The predicted octanol–water partition coefficient (Wildman–Crippen LogP) is 5.13. The van der Waals surface area contributed by atoms with E-state index in [2.05, 4.69) is 12.2 Å². The second-order valence-electron chi connectivity index (χ2n) is 8.43. The van der Waals surface area contributed by atoms with E-state index in [4.69, 9.17) is 0 Å². The number of ketones is 1. The zero-order chi connectivity index (χ0) is 22.2. The van der Waals surface area contributed by atoms with E-state index < -0.39 is 11.8 Å². The Labute approximate surface area is 187 Å². The number of benzene rings is 3. The number of carbonyl (C=O) groups excluding carboxylic acids is 3. The summed E-state index contributed by atoms with van der Waals surface area (Å²) in [6, 6.07) is 26.5. The molecule has 4 nitrogen and oxygen atoms in total. The third-order valence-corrected chi connectivity index (χ3v) is 6.58. The molecule has 0 aromatic heterocycles. The first kappa shape index (κ1) is 20.1. The standard InChI is InChI=1S/C28H23NO3/c1-18(30)21-13-8-14-22(17-21)29-27(31)25-23(19-9-4-2-5-10-19)15-16-24(26(25)28(29)32)20-11-6-3-7-12-20/h2-17,23-26H,1H3/t23-,24+,25-,26-/m1/s1. The molecule has 4 atom stereocenters. The van der Waals surface area contributed by atoms with Crippen LogP contribution in [0.1, 0.15) is 40.2 Å². The van der Waals surface area contributed by atoms with E-state index in [1.807, 2.05) is 60.7 Å². The minimum Gasteiger partial charge on any atom is -0.295 e. The maximum absolute atomic E-state index is 13.8. The molecule has 1 aliphatic carbocycles. The summed E-state index contributed by atoms with van der Waals surface area (Å²) in [5, 5.41) is 0. The zero-order valence-corrected chi connectivity index (χ0v) is 17.7. The van der Waals surface area contributed by atoms with Gasteiger partial charge in [0.2, 0.25) is 11.8 Å². The lowest BCUT2D eigenvalue weighted by molar-refractivity contribution is -0.122. The summed E-state index contributed by atoms with van der Waals surface area (Å²) in [7, 11) is 0. The summed E-state index contributed by atoms with van der Waals surface area (Å²) in [6.45, 7) is 1.48. The average molecular weight is 421 g/mol. The minimum atomic E-state index is -0.499. The molecule has 1 fully saturated rings. The number of imide groups is 1. The fourth-order valence-corrected chi connectivity index (χ4v) is 5.05. The van der Waals surface area contributed by atoms with E-state index in [1.54, 1.807) is 24.3 Å². The van der Waals surface area contributed by atoms with Crippen LogP contribution in [0.4, 0.5) is 5.69 Å². The lowest BCUT2D eigenvalue weighted by atomic mass is 9.68. The van der Waals surface area contributed by atoms with Gasteiger partial charge in [0.15, 0.2) is 5.78 Å². The van der Waals surface area contributed by atoms with Crippen LogP contribution < -0.4 is 4.90 Å². The normalized spacial score (nSPS) is 24.5. The van der Waals surface area contributed by atoms with Crippen LogP contribution in [0, 0.1) is 11.8 Å². The van der Waals surface area contributed by atoms with Crippen LogP contribution >= 0.6 is 0 Å². The van der Waals surface area contributed by atoms with Gasteiger partial charge >= 0.3 is 0 Å². The van der Waals surface area contributed by atoms with Gasteiger partial charge in [-0.05, 0) is 30.2 Å². The van der Waals surface area contributed by atoms with Gasteiger partial charge in [-0.15, -0.1) is 0 Å². The van der Waals surface area contributed by atoms with Gasteiger partial charge in [-0.1, -0.05) is 84.9 Å². The molecule has 1 heterocycles. The predicted molar refractivity (Wildman–Crippen MR) is 123 cm³/mol. The number of Topliss-reactive ketones (excluding diaryl/α,β-unsaturated/α-hetero) is 1. The first-order valence-corrected chi connectivity index (χ1v) is 10.8. The lowest BCUT2D eigenvalue weighted by Gasteiger charge is -2.32. The van der Waals surface area contributed by atoms with Crippen molar-refractivity contribution in [2.45, 2.75) is 18.8 Å². The van der Waals surface area contributed by atoms with E-state index in [1.165, 1.54) is 11.8 Å². The number of anilines is 1. The Kier molecular flexibility index (Phi) is 5.06. The van der Waals surface area contributed by atoms with Crippen LogP contribution in [0.3, 0.4) is 0 Å². The van der Waals surface area contributed by atoms with Crippen LogP contribution in [0.15, 0.2) is 97.1 Å². The van der Waals surface area contributed by atoms with Crippen LogP contribution in [0.2, 0.25) is 0 Å². The molecule has 1 aliphatic heterocycles. The molecule has 4 heteroatoms. The van der Waals surface area contributed by atoms with Crippen LogP contribution in [-0.2, 0) is 9.59 Å². The molecule has 0 unspecified atom stereocenters. The number of amides is 2. The van der Waals surface area contributed by atoms with E-state index >= 15 is 0 Å². The second-order valence-corrected chi connectivity index (χ2v) is 8.43. The van der Waals surface area contributed by atoms with Crippen molar-refractivity contribution in [3.05, 3.63) is 114 Å². The maximum atomic E-state index is 13.8. The van der Waals surface area contributed by atoms with Crippen molar-refractivity contribution < 1.29 is 14.4 Å². The molecule has 32 heavy (non-hydrogen) atoms. The Morgan fingerprint density at radius 3 is 1.66 bits per heavy atom. The quantitative estimate of drug-likeness (QED) is 0.333. The molecule has 158 valence electrons. The Morgan fingerprint density at radius 1 is 0.688 bits per heavy atom. The highest BCUT2D eigenvalue weighted by atomic mass is 16.2. The number of hydrogen-bond acceptors (Lipinski definition) is 3. The van der Waals surface area contributed by atoms with Gasteiger partial charge in [0.05, 0.1) is 17.5 Å². The van der Waals surface area contributed by atoms with Gasteiger partial charge in [0.1, 0.15) is 0 Å². The molecule has 0 radical (unpaired) electrons.